The summed E-state index contributed by atoms with van der Waals surface area (Å²) in [6.45, 7) is 6.41. The van der Waals surface area contributed by atoms with Crippen LogP contribution in [0.5, 0.6) is 0 Å². The lowest BCUT2D eigenvalue weighted by Crippen LogP contribution is -2.29. The third-order valence-corrected chi connectivity index (χ3v) is 7.08. The maximum absolute atomic E-state index is 12.3. The molecule has 42 heavy (non-hydrogen) atoms. The lowest BCUT2D eigenvalue weighted by atomic mass is 10.1. The summed E-state index contributed by atoms with van der Waals surface area (Å²) in [6, 6.07) is 13.3. The number of hydrogen-bond donors (Lipinski definition) is 2. The number of aryl methyl sites for hydroxylation is 2. The van der Waals surface area contributed by atoms with Gasteiger partial charge >= 0.3 is 5.97 Å². The zero-order valence-corrected chi connectivity index (χ0v) is 23.2. The van der Waals surface area contributed by atoms with Crippen LogP contribution in [0.15, 0.2) is 58.1 Å². The Balaban J connectivity index is 0.000000168. The van der Waals surface area contributed by atoms with Crippen molar-refractivity contribution in [2.75, 3.05) is 26.4 Å². The highest BCUT2D eigenvalue weighted by molar-refractivity contribution is 6.05. The SMILES string of the molecule is Cc1ccc2c(C(=O)O)cc(=O)n(CC3OCCO3)c2c1.Cc1ccc2c(C(N)=O)cc(=O)n(CC3OCCO3)c2c1. The van der Waals surface area contributed by atoms with Crippen LogP contribution in [0.4, 0.5) is 0 Å². The number of carboxylic acids is 1. The molecular formula is C30H31N3O9. The Morgan fingerprint density at radius 3 is 1.55 bits per heavy atom. The largest absolute Gasteiger partial charge is 0.478 e. The first-order valence-electron chi connectivity index (χ1n) is 13.4. The summed E-state index contributed by atoms with van der Waals surface area (Å²) in [5.74, 6) is -1.72. The number of primary amides is 1. The Labute approximate surface area is 239 Å². The van der Waals surface area contributed by atoms with Crippen LogP contribution in [-0.4, -0.2) is 65.1 Å². The van der Waals surface area contributed by atoms with Crippen LogP contribution in [0.1, 0.15) is 31.8 Å². The second kappa shape index (κ2) is 12.2. The molecule has 6 rings (SSSR count). The molecule has 2 saturated heterocycles. The zero-order chi connectivity index (χ0) is 30.0. The molecule has 1 amide bonds. The van der Waals surface area contributed by atoms with Crippen LogP contribution in [0, 0.1) is 13.8 Å². The molecule has 4 aromatic rings. The van der Waals surface area contributed by atoms with Gasteiger partial charge in [0.25, 0.3) is 11.1 Å². The molecule has 0 atom stereocenters. The number of pyridine rings is 2. The van der Waals surface area contributed by atoms with Gasteiger partial charge in [-0.25, -0.2) is 4.79 Å². The number of benzene rings is 2. The predicted octanol–water partition coefficient (Wildman–Crippen LogP) is 2.16. The van der Waals surface area contributed by atoms with Crippen LogP contribution in [0.25, 0.3) is 21.8 Å². The molecular weight excluding hydrogens is 546 g/mol. The molecule has 0 unspecified atom stereocenters. The van der Waals surface area contributed by atoms with Gasteiger partial charge in [-0.1, -0.05) is 24.3 Å². The normalized spacial score (nSPS) is 15.7. The topological polar surface area (TPSA) is 161 Å². The fourth-order valence-corrected chi connectivity index (χ4v) is 5.06. The molecule has 0 aliphatic carbocycles. The zero-order valence-electron chi connectivity index (χ0n) is 23.2. The molecule has 2 aliphatic rings. The average molecular weight is 578 g/mol. The monoisotopic (exact) mass is 577 g/mol. The molecule has 2 aliphatic heterocycles. The van der Waals surface area contributed by atoms with E-state index in [4.69, 9.17) is 24.7 Å². The van der Waals surface area contributed by atoms with Gasteiger partial charge in [0.05, 0.1) is 61.7 Å². The summed E-state index contributed by atoms with van der Waals surface area (Å²) < 4.78 is 24.6. The molecule has 3 N–H and O–H groups in total. The number of rotatable bonds is 6. The van der Waals surface area contributed by atoms with Crippen LogP contribution in [0.3, 0.4) is 0 Å². The summed E-state index contributed by atoms with van der Waals surface area (Å²) in [5, 5.41) is 10.4. The molecule has 4 heterocycles. The lowest BCUT2D eigenvalue weighted by molar-refractivity contribution is -0.0525. The highest BCUT2D eigenvalue weighted by Gasteiger charge is 2.21. The van der Waals surface area contributed by atoms with Crippen molar-refractivity contribution in [3.63, 3.8) is 0 Å². The molecule has 2 aromatic heterocycles. The maximum atomic E-state index is 12.3. The Morgan fingerprint density at radius 2 is 1.14 bits per heavy atom. The maximum Gasteiger partial charge on any atom is 0.336 e. The van der Waals surface area contributed by atoms with E-state index in [0.717, 1.165) is 17.2 Å². The van der Waals surface area contributed by atoms with Gasteiger partial charge < -0.3 is 38.9 Å². The molecule has 0 spiro atoms. The highest BCUT2D eigenvalue weighted by Crippen LogP contribution is 2.21. The van der Waals surface area contributed by atoms with E-state index in [9.17, 15) is 24.3 Å². The summed E-state index contributed by atoms with van der Waals surface area (Å²) in [5.41, 5.74) is 8.14. The lowest BCUT2D eigenvalue weighted by Gasteiger charge is -2.16. The van der Waals surface area contributed by atoms with E-state index < -0.39 is 24.5 Å². The molecule has 2 aromatic carbocycles. The van der Waals surface area contributed by atoms with Gasteiger partial charge in [0.1, 0.15) is 0 Å². The number of carboxylic acid groups (broad SMARTS) is 1. The van der Waals surface area contributed by atoms with Gasteiger partial charge in [-0.05, 0) is 37.1 Å². The van der Waals surface area contributed by atoms with Gasteiger partial charge in [0, 0.05) is 22.9 Å². The summed E-state index contributed by atoms with van der Waals surface area (Å²) in [6.07, 6.45) is -0.909. The van der Waals surface area contributed by atoms with Crippen molar-refractivity contribution in [1.82, 2.24) is 9.13 Å². The van der Waals surface area contributed by atoms with Crippen molar-refractivity contribution < 1.29 is 33.6 Å². The van der Waals surface area contributed by atoms with E-state index in [0.29, 0.717) is 48.2 Å². The first-order chi connectivity index (χ1) is 20.1. The van der Waals surface area contributed by atoms with E-state index in [2.05, 4.69) is 0 Å². The second-order valence-corrected chi connectivity index (χ2v) is 10.1. The fraction of sp³-hybridized carbons (Fsp3) is 0.333. The number of amides is 1. The third kappa shape index (κ3) is 6.11. The summed E-state index contributed by atoms with van der Waals surface area (Å²) in [4.78, 5) is 47.4. The number of nitrogens with zero attached hydrogens (tertiary/aromatic N) is 2. The smallest absolute Gasteiger partial charge is 0.336 e. The van der Waals surface area contributed by atoms with Gasteiger partial charge in [-0.15, -0.1) is 0 Å². The number of carbonyl (C=O) groups is 2. The summed E-state index contributed by atoms with van der Waals surface area (Å²) in [7, 11) is 0. The van der Waals surface area contributed by atoms with Crippen molar-refractivity contribution in [3.05, 3.63) is 91.5 Å². The Kier molecular flexibility index (Phi) is 8.50. The van der Waals surface area contributed by atoms with E-state index in [1.54, 1.807) is 22.8 Å². The van der Waals surface area contributed by atoms with Gasteiger partial charge in [-0.2, -0.15) is 0 Å². The standard InChI is InChI=1S/C15H16N2O4.C15H15NO5/c1-9-2-3-10-11(15(16)19)7-13(18)17(12(10)6-9)8-14-20-4-5-21-14;1-9-2-3-10-11(15(18)19)7-13(17)16(12(10)6-9)8-14-20-4-5-21-14/h2-3,6-7,14H,4-5,8H2,1H3,(H2,16,19);2-3,6-7,14H,4-5,8H2,1H3,(H,18,19). The molecule has 220 valence electrons. The quantitative estimate of drug-likeness (QED) is 0.350. The highest BCUT2D eigenvalue weighted by atomic mass is 16.7. The van der Waals surface area contributed by atoms with E-state index >= 15 is 0 Å². The number of carbonyl (C=O) groups excluding carboxylic acids is 1. The molecule has 12 heteroatoms. The van der Waals surface area contributed by atoms with Gasteiger partial charge in [0.2, 0.25) is 5.91 Å². The molecule has 2 fully saturated rings. The number of aromatic nitrogens is 2. The van der Waals surface area contributed by atoms with Crippen molar-refractivity contribution in [2.24, 2.45) is 5.73 Å². The number of ether oxygens (including phenoxy) is 4. The van der Waals surface area contributed by atoms with Crippen molar-refractivity contribution in [2.45, 2.75) is 39.5 Å². The molecule has 0 radical (unpaired) electrons. The predicted molar refractivity (Wildman–Crippen MR) is 153 cm³/mol. The van der Waals surface area contributed by atoms with Gasteiger partial charge in [0.15, 0.2) is 12.6 Å². The van der Waals surface area contributed by atoms with Gasteiger partial charge in [-0.3, -0.25) is 14.4 Å². The number of nitrogens with two attached hydrogens (primary N) is 1. The van der Waals surface area contributed by atoms with E-state index in [1.165, 1.54) is 10.6 Å². The fourth-order valence-electron chi connectivity index (χ4n) is 5.06. The van der Waals surface area contributed by atoms with Crippen LogP contribution in [0.2, 0.25) is 0 Å². The number of fused-ring (bicyclic) bond motifs is 2. The Morgan fingerprint density at radius 1 is 0.738 bits per heavy atom. The Hall–Kier alpha value is -4.36. The Bertz CT molecular complexity index is 1650. The van der Waals surface area contributed by atoms with Crippen molar-refractivity contribution in [3.8, 4) is 0 Å². The van der Waals surface area contributed by atoms with E-state index in [-0.39, 0.29) is 35.3 Å². The van der Waals surface area contributed by atoms with Crippen molar-refractivity contribution >= 4 is 33.7 Å². The minimum absolute atomic E-state index is 0.0134. The van der Waals surface area contributed by atoms with E-state index in [1.807, 2.05) is 32.0 Å². The van der Waals surface area contributed by atoms with Crippen molar-refractivity contribution in [1.29, 1.82) is 0 Å². The van der Waals surface area contributed by atoms with Crippen LogP contribution in [-0.2, 0) is 32.0 Å². The average Bonchev–Trinajstić information content (AvgIpc) is 3.66. The first kappa shape index (κ1) is 29.1. The first-order valence-corrected chi connectivity index (χ1v) is 13.4. The third-order valence-electron chi connectivity index (χ3n) is 7.08. The van der Waals surface area contributed by atoms with Crippen LogP contribution >= 0.6 is 0 Å². The number of aromatic carboxylic acids is 1. The van der Waals surface area contributed by atoms with Crippen LogP contribution < -0.4 is 16.9 Å². The minimum atomic E-state index is -1.11. The molecule has 12 nitrogen and oxygen atoms in total. The summed E-state index contributed by atoms with van der Waals surface area (Å²) >= 11 is 0. The molecule has 0 bridgehead atoms. The second-order valence-electron chi connectivity index (χ2n) is 10.1. The minimum Gasteiger partial charge on any atom is -0.478 e. The number of hydrogen-bond acceptors (Lipinski definition) is 8. The molecule has 0 saturated carbocycles.